The number of hydrogen-bond donors (Lipinski definition) is 2. The lowest BCUT2D eigenvalue weighted by atomic mass is 9.96. The summed E-state index contributed by atoms with van der Waals surface area (Å²) in [6, 6.07) is 4.50. The summed E-state index contributed by atoms with van der Waals surface area (Å²) in [5.41, 5.74) is -0.714. The number of aliphatic hydroxyl groups excluding tert-OH is 1. The number of hydrogen-bond acceptors (Lipinski definition) is 5. The monoisotopic (exact) mass is 269 g/mol. The highest BCUT2D eigenvalue weighted by molar-refractivity contribution is 7.89. The second kappa shape index (κ2) is 5.44. The number of nitrogens with zero attached hydrogens (tertiary/aromatic N) is 2. The summed E-state index contributed by atoms with van der Waals surface area (Å²) in [7, 11) is -3.79. The lowest BCUT2D eigenvalue weighted by Crippen LogP contribution is -2.36. The highest BCUT2D eigenvalue weighted by Crippen LogP contribution is 2.16. The minimum absolute atomic E-state index is 0.0750. The zero-order chi connectivity index (χ0) is 13.8. The highest BCUT2D eigenvalue weighted by Gasteiger charge is 2.23. The predicted molar refractivity (Wildman–Crippen MR) is 65.0 cm³/mol. The van der Waals surface area contributed by atoms with Gasteiger partial charge in [0.15, 0.2) is 5.69 Å². The normalized spacial score (nSPS) is 12.1. The van der Waals surface area contributed by atoms with Crippen LogP contribution >= 0.6 is 0 Å². The van der Waals surface area contributed by atoms with Crippen molar-refractivity contribution in [3.63, 3.8) is 0 Å². The Labute approximate surface area is 106 Å². The van der Waals surface area contributed by atoms with Crippen molar-refractivity contribution < 1.29 is 13.5 Å². The molecule has 1 aromatic heterocycles. The lowest BCUT2D eigenvalue weighted by molar-refractivity contribution is 0.163. The average Bonchev–Trinajstić information content (AvgIpc) is 2.37. The maximum absolute atomic E-state index is 12.0. The largest absolute Gasteiger partial charge is 0.396 e. The van der Waals surface area contributed by atoms with Crippen LogP contribution in [0, 0.1) is 16.7 Å². The van der Waals surface area contributed by atoms with Crippen molar-refractivity contribution in [2.45, 2.75) is 18.7 Å². The van der Waals surface area contributed by atoms with Crippen molar-refractivity contribution in [1.29, 1.82) is 5.26 Å². The van der Waals surface area contributed by atoms with Crippen LogP contribution in [0.2, 0.25) is 0 Å². The summed E-state index contributed by atoms with van der Waals surface area (Å²) >= 11 is 0. The van der Waals surface area contributed by atoms with Gasteiger partial charge in [-0.1, -0.05) is 13.8 Å². The molecule has 0 aliphatic carbocycles. The summed E-state index contributed by atoms with van der Waals surface area (Å²) in [5, 5.41) is 17.9. The van der Waals surface area contributed by atoms with Crippen molar-refractivity contribution in [2.75, 3.05) is 13.2 Å². The van der Waals surface area contributed by atoms with Crippen LogP contribution in [0.1, 0.15) is 19.5 Å². The van der Waals surface area contributed by atoms with E-state index in [1.807, 2.05) is 0 Å². The van der Waals surface area contributed by atoms with Crippen LogP contribution in [0.4, 0.5) is 0 Å². The Balaban J connectivity index is 2.98. The highest BCUT2D eigenvalue weighted by atomic mass is 32.2. The van der Waals surface area contributed by atoms with Crippen molar-refractivity contribution in [3.05, 3.63) is 24.0 Å². The molecular formula is C11H15N3O3S. The van der Waals surface area contributed by atoms with E-state index in [9.17, 15) is 8.42 Å². The minimum atomic E-state index is -3.79. The fourth-order valence-electron chi connectivity index (χ4n) is 1.12. The van der Waals surface area contributed by atoms with E-state index in [0.717, 1.165) is 0 Å². The Bertz CT molecular complexity index is 561. The molecule has 0 aromatic carbocycles. The van der Waals surface area contributed by atoms with Crippen LogP contribution in [0.15, 0.2) is 23.2 Å². The Kier molecular flexibility index (Phi) is 4.40. The summed E-state index contributed by atoms with van der Waals surface area (Å²) in [4.78, 5) is 3.55. The first-order valence-corrected chi connectivity index (χ1v) is 6.76. The molecule has 0 atom stereocenters. The molecule has 0 fully saturated rings. The van der Waals surface area contributed by atoms with E-state index in [4.69, 9.17) is 10.4 Å². The molecule has 0 saturated carbocycles. The van der Waals surface area contributed by atoms with E-state index < -0.39 is 15.4 Å². The molecule has 18 heavy (non-hydrogen) atoms. The summed E-state index contributed by atoms with van der Waals surface area (Å²) in [5.74, 6) is 0. The van der Waals surface area contributed by atoms with E-state index >= 15 is 0 Å². The standard InChI is InChI=1S/C11H15N3O3S/c1-11(2,8-15)7-14-18(16,17)10-4-3-5-13-9(10)6-12/h3-5,14-15H,7-8H2,1-2H3. The second-order valence-corrected chi connectivity index (χ2v) is 6.34. The molecule has 6 nitrogen and oxygen atoms in total. The third kappa shape index (κ3) is 3.50. The molecule has 0 radical (unpaired) electrons. The topological polar surface area (TPSA) is 103 Å². The van der Waals surface area contributed by atoms with Gasteiger partial charge in [-0.3, -0.25) is 0 Å². The summed E-state index contributed by atoms with van der Waals surface area (Å²) < 4.78 is 26.3. The van der Waals surface area contributed by atoms with Gasteiger partial charge in [-0.05, 0) is 12.1 Å². The van der Waals surface area contributed by atoms with Gasteiger partial charge in [-0.2, -0.15) is 5.26 Å². The van der Waals surface area contributed by atoms with Crippen molar-refractivity contribution in [3.8, 4) is 6.07 Å². The van der Waals surface area contributed by atoms with Crippen molar-refractivity contribution >= 4 is 10.0 Å². The zero-order valence-electron chi connectivity index (χ0n) is 10.2. The third-order valence-electron chi connectivity index (χ3n) is 2.33. The van der Waals surface area contributed by atoms with Crippen LogP contribution in [0.3, 0.4) is 0 Å². The first-order valence-electron chi connectivity index (χ1n) is 5.28. The van der Waals surface area contributed by atoms with Gasteiger partial charge < -0.3 is 5.11 Å². The molecule has 2 N–H and O–H groups in total. The number of aromatic nitrogens is 1. The molecule has 0 saturated heterocycles. The maximum Gasteiger partial charge on any atom is 0.243 e. The summed E-state index contributed by atoms with van der Waals surface area (Å²) in [6.07, 6.45) is 1.36. The van der Waals surface area contributed by atoms with E-state index in [2.05, 4.69) is 9.71 Å². The van der Waals surface area contributed by atoms with Gasteiger partial charge in [0, 0.05) is 24.8 Å². The Morgan fingerprint density at radius 2 is 2.22 bits per heavy atom. The minimum Gasteiger partial charge on any atom is -0.396 e. The molecule has 1 aromatic rings. The molecule has 0 bridgehead atoms. The fraction of sp³-hybridized carbons (Fsp3) is 0.455. The Morgan fingerprint density at radius 3 is 2.78 bits per heavy atom. The van der Waals surface area contributed by atoms with Crippen LogP contribution < -0.4 is 4.72 Å². The molecule has 0 spiro atoms. The van der Waals surface area contributed by atoms with E-state index in [1.54, 1.807) is 19.9 Å². The van der Waals surface area contributed by atoms with Gasteiger partial charge in [0.2, 0.25) is 10.0 Å². The molecule has 7 heteroatoms. The molecule has 98 valence electrons. The number of rotatable bonds is 5. The molecule has 0 unspecified atom stereocenters. The molecular weight excluding hydrogens is 254 g/mol. The fourth-order valence-corrected chi connectivity index (χ4v) is 2.46. The smallest absolute Gasteiger partial charge is 0.243 e. The van der Waals surface area contributed by atoms with Gasteiger partial charge >= 0.3 is 0 Å². The first-order chi connectivity index (χ1) is 8.32. The average molecular weight is 269 g/mol. The van der Waals surface area contributed by atoms with Gasteiger partial charge in [-0.15, -0.1) is 0 Å². The third-order valence-corrected chi connectivity index (χ3v) is 3.77. The van der Waals surface area contributed by atoms with E-state index in [-0.39, 0.29) is 23.7 Å². The van der Waals surface area contributed by atoms with E-state index in [0.29, 0.717) is 0 Å². The molecule has 1 rings (SSSR count). The van der Waals surface area contributed by atoms with Crippen LogP contribution in [0.25, 0.3) is 0 Å². The van der Waals surface area contributed by atoms with Crippen molar-refractivity contribution in [1.82, 2.24) is 9.71 Å². The van der Waals surface area contributed by atoms with E-state index in [1.165, 1.54) is 18.3 Å². The van der Waals surface area contributed by atoms with Gasteiger partial charge in [-0.25, -0.2) is 18.1 Å². The number of aliphatic hydroxyl groups is 1. The van der Waals surface area contributed by atoms with Gasteiger partial charge in [0.25, 0.3) is 0 Å². The number of sulfonamides is 1. The molecule has 1 heterocycles. The predicted octanol–water partition coefficient (Wildman–Crippen LogP) is 0.250. The Morgan fingerprint density at radius 1 is 1.56 bits per heavy atom. The van der Waals surface area contributed by atoms with Crippen molar-refractivity contribution in [2.24, 2.45) is 5.41 Å². The van der Waals surface area contributed by atoms with Crippen LogP contribution in [-0.4, -0.2) is 31.7 Å². The number of nitrogens with one attached hydrogen (secondary N) is 1. The molecule has 0 aliphatic rings. The maximum atomic E-state index is 12.0. The lowest BCUT2D eigenvalue weighted by Gasteiger charge is -2.21. The molecule has 0 aliphatic heterocycles. The number of nitriles is 1. The first kappa shape index (κ1) is 14.6. The van der Waals surface area contributed by atoms with Crippen LogP contribution in [0.5, 0.6) is 0 Å². The van der Waals surface area contributed by atoms with Gasteiger partial charge in [0.1, 0.15) is 11.0 Å². The molecule has 0 amide bonds. The SMILES string of the molecule is CC(C)(CO)CNS(=O)(=O)c1cccnc1C#N. The second-order valence-electron chi connectivity index (χ2n) is 4.61. The van der Waals surface area contributed by atoms with Gasteiger partial charge in [0.05, 0.1) is 0 Å². The zero-order valence-corrected chi connectivity index (χ0v) is 11.0. The quantitative estimate of drug-likeness (QED) is 0.797. The summed E-state index contributed by atoms with van der Waals surface area (Å²) in [6.45, 7) is 3.38. The number of pyridine rings is 1. The van der Waals surface area contributed by atoms with Crippen LogP contribution in [-0.2, 0) is 10.0 Å². The Hall–Kier alpha value is -1.49.